The first-order valence-corrected chi connectivity index (χ1v) is 6.12. The van der Waals surface area contributed by atoms with Gasteiger partial charge in [-0.15, -0.1) is 0 Å². The molecule has 0 radical (unpaired) electrons. The molecule has 1 fully saturated rings. The first-order valence-electron chi connectivity index (χ1n) is 6.12. The molecule has 0 N–H and O–H groups in total. The van der Waals surface area contributed by atoms with Crippen molar-refractivity contribution in [2.45, 2.75) is 26.3 Å². The average molecular weight is 218 g/mol. The molecule has 88 valence electrons. The van der Waals surface area contributed by atoms with Crippen LogP contribution < -0.4 is 4.90 Å². The molecule has 1 aliphatic rings. The fourth-order valence-electron chi connectivity index (χ4n) is 2.27. The number of nitrogens with zero attached hydrogens (tertiary/aromatic N) is 2. The van der Waals surface area contributed by atoms with Crippen molar-refractivity contribution >= 4 is 5.69 Å². The Balaban J connectivity index is 1.96. The van der Waals surface area contributed by atoms with Crippen LogP contribution in [0.1, 0.15) is 20.8 Å². The molecular formula is C14H22N2. The van der Waals surface area contributed by atoms with E-state index >= 15 is 0 Å². The Morgan fingerprint density at radius 3 is 1.94 bits per heavy atom. The van der Waals surface area contributed by atoms with Gasteiger partial charge < -0.3 is 4.90 Å². The van der Waals surface area contributed by atoms with Crippen LogP contribution in [0.2, 0.25) is 0 Å². The van der Waals surface area contributed by atoms with Gasteiger partial charge in [0.05, 0.1) is 0 Å². The Hall–Kier alpha value is -1.02. The van der Waals surface area contributed by atoms with E-state index in [0.29, 0.717) is 5.54 Å². The smallest absolute Gasteiger partial charge is 0.0367 e. The number of para-hydroxylation sites is 1. The Morgan fingerprint density at radius 2 is 1.44 bits per heavy atom. The molecule has 1 heterocycles. The van der Waals surface area contributed by atoms with Crippen molar-refractivity contribution < 1.29 is 0 Å². The summed E-state index contributed by atoms with van der Waals surface area (Å²) in [5, 5.41) is 0. The van der Waals surface area contributed by atoms with Gasteiger partial charge >= 0.3 is 0 Å². The van der Waals surface area contributed by atoms with Gasteiger partial charge in [-0.25, -0.2) is 0 Å². The van der Waals surface area contributed by atoms with Crippen molar-refractivity contribution in [2.24, 2.45) is 0 Å². The second-order valence-corrected chi connectivity index (χ2v) is 5.48. The molecule has 2 heteroatoms. The minimum absolute atomic E-state index is 0.308. The zero-order valence-corrected chi connectivity index (χ0v) is 10.6. The zero-order chi connectivity index (χ0) is 11.6. The molecule has 0 saturated carbocycles. The first kappa shape index (κ1) is 11.5. The van der Waals surface area contributed by atoms with Crippen LogP contribution in [0.4, 0.5) is 5.69 Å². The average Bonchev–Trinajstić information content (AvgIpc) is 2.29. The van der Waals surface area contributed by atoms with Crippen LogP contribution in [0.25, 0.3) is 0 Å². The topological polar surface area (TPSA) is 6.48 Å². The third-order valence-corrected chi connectivity index (χ3v) is 3.35. The van der Waals surface area contributed by atoms with Gasteiger partial charge in [0, 0.05) is 37.4 Å². The SMILES string of the molecule is CC(C)(C)N1CCN(c2ccccc2)CC1. The first-order chi connectivity index (χ1) is 7.57. The lowest BCUT2D eigenvalue weighted by Crippen LogP contribution is -2.53. The quantitative estimate of drug-likeness (QED) is 0.715. The van der Waals surface area contributed by atoms with Crippen molar-refractivity contribution in [3.05, 3.63) is 30.3 Å². The van der Waals surface area contributed by atoms with E-state index in [9.17, 15) is 0 Å². The van der Waals surface area contributed by atoms with Gasteiger partial charge in [0.25, 0.3) is 0 Å². The van der Waals surface area contributed by atoms with E-state index < -0.39 is 0 Å². The van der Waals surface area contributed by atoms with Gasteiger partial charge in [-0.1, -0.05) is 18.2 Å². The van der Waals surface area contributed by atoms with Crippen LogP contribution in [0, 0.1) is 0 Å². The second kappa shape index (κ2) is 4.46. The largest absolute Gasteiger partial charge is 0.369 e. The maximum Gasteiger partial charge on any atom is 0.0367 e. The summed E-state index contributed by atoms with van der Waals surface area (Å²) in [4.78, 5) is 5.04. The molecule has 0 aliphatic carbocycles. The van der Waals surface area contributed by atoms with Crippen LogP contribution in [0.15, 0.2) is 30.3 Å². The lowest BCUT2D eigenvalue weighted by atomic mass is 10.0. The third kappa shape index (κ3) is 2.56. The minimum atomic E-state index is 0.308. The van der Waals surface area contributed by atoms with Crippen molar-refractivity contribution in [3.8, 4) is 0 Å². The molecule has 0 spiro atoms. The number of benzene rings is 1. The Morgan fingerprint density at radius 1 is 0.875 bits per heavy atom. The molecule has 0 amide bonds. The normalized spacial score (nSPS) is 18.8. The van der Waals surface area contributed by atoms with Gasteiger partial charge in [0.1, 0.15) is 0 Å². The molecule has 1 saturated heterocycles. The predicted octanol–water partition coefficient (Wildman–Crippen LogP) is 2.61. The Labute approximate surface area is 98.9 Å². The summed E-state index contributed by atoms with van der Waals surface area (Å²) in [5.41, 5.74) is 1.67. The molecular weight excluding hydrogens is 196 g/mol. The van der Waals surface area contributed by atoms with Crippen molar-refractivity contribution in [2.75, 3.05) is 31.1 Å². The number of rotatable bonds is 1. The highest BCUT2D eigenvalue weighted by Crippen LogP contribution is 2.20. The third-order valence-electron chi connectivity index (χ3n) is 3.35. The maximum absolute atomic E-state index is 2.56. The maximum atomic E-state index is 2.56. The highest BCUT2D eigenvalue weighted by molar-refractivity contribution is 5.46. The van der Waals surface area contributed by atoms with Crippen LogP contribution in [0.3, 0.4) is 0 Å². The van der Waals surface area contributed by atoms with Gasteiger partial charge in [-0.3, -0.25) is 4.90 Å². The molecule has 0 unspecified atom stereocenters. The summed E-state index contributed by atoms with van der Waals surface area (Å²) >= 11 is 0. The van der Waals surface area contributed by atoms with E-state index in [4.69, 9.17) is 0 Å². The number of hydrogen-bond acceptors (Lipinski definition) is 2. The molecule has 16 heavy (non-hydrogen) atoms. The number of hydrogen-bond donors (Lipinski definition) is 0. The van der Waals surface area contributed by atoms with E-state index in [1.165, 1.54) is 18.8 Å². The summed E-state index contributed by atoms with van der Waals surface area (Å²) < 4.78 is 0. The number of piperazine rings is 1. The van der Waals surface area contributed by atoms with E-state index in [-0.39, 0.29) is 0 Å². The zero-order valence-electron chi connectivity index (χ0n) is 10.6. The van der Waals surface area contributed by atoms with E-state index in [0.717, 1.165) is 13.1 Å². The van der Waals surface area contributed by atoms with E-state index in [1.54, 1.807) is 0 Å². The second-order valence-electron chi connectivity index (χ2n) is 5.48. The standard InChI is InChI=1S/C14H22N2/c1-14(2,3)16-11-9-15(10-12-16)13-7-5-4-6-8-13/h4-8H,9-12H2,1-3H3. The summed E-state index contributed by atoms with van der Waals surface area (Å²) in [6, 6.07) is 10.7. The van der Waals surface area contributed by atoms with Gasteiger partial charge in [-0.05, 0) is 32.9 Å². The Kier molecular flexibility index (Phi) is 3.20. The van der Waals surface area contributed by atoms with Crippen LogP contribution >= 0.6 is 0 Å². The minimum Gasteiger partial charge on any atom is -0.369 e. The predicted molar refractivity (Wildman–Crippen MR) is 70.0 cm³/mol. The summed E-state index contributed by atoms with van der Waals surface area (Å²) in [5.74, 6) is 0. The van der Waals surface area contributed by atoms with Gasteiger partial charge in [0.15, 0.2) is 0 Å². The lowest BCUT2D eigenvalue weighted by molar-refractivity contribution is 0.128. The Bertz CT molecular complexity index is 318. The van der Waals surface area contributed by atoms with Crippen molar-refractivity contribution in [3.63, 3.8) is 0 Å². The number of anilines is 1. The van der Waals surface area contributed by atoms with Crippen molar-refractivity contribution in [1.82, 2.24) is 4.90 Å². The van der Waals surface area contributed by atoms with E-state index in [2.05, 4.69) is 60.9 Å². The van der Waals surface area contributed by atoms with Crippen LogP contribution in [-0.2, 0) is 0 Å². The fourth-order valence-corrected chi connectivity index (χ4v) is 2.27. The summed E-state index contributed by atoms with van der Waals surface area (Å²) in [6.45, 7) is 11.5. The van der Waals surface area contributed by atoms with Gasteiger partial charge in [0.2, 0.25) is 0 Å². The molecule has 1 aromatic carbocycles. The molecule has 1 aliphatic heterocycles. The lowest BCUT2D eigenvalue weighted by Gasteiger charge is -2.43. The monoisotopic (exact) mass is 218 g/mol. The molecule has 2 rings (SSSR count). The molecule has 1 aromatic rings. The highest BCUT2D eigenvalue weighted by Gasteiger charge is 2.25. The molecule has 2 nitrogen and oxygen atoms in total. The van der Waals surface area contributed by atoms with Crippen LogP contribution in [-0.4, -0.2) is 36.6 Å². The molecule has 0 aromatic heterocycles. The molecule has 0 bridgehead atoms. The summed E-state index contributed by atoms with van der Waals surface area (Å²) in [6.07, 6.45) is 0. The highest BCUT2D eigenvalue weighted by atomic mass is 15.3. The van der Waals surface area contributed by atoms with Gasteiger partial charge in [-0.2, -0.15) is 0 Å². The summed E-state index contributed by atoms with van der Waals surface area (Å²) in [7, 11) is 0. The van der Waals surface area contributed by atoms with Crippen LogP contribution in [0.5, 0.6) is 0 Å². The van der Waals surface area contributed by atoms with Crippen molar-refractivity contribution in [1.29, 1.82) is 0 Å². The molecule has 0 atom stereocenters. The fraction of sp³-hybridized carbons (Fsp3) is 0.571. The van der Waals surface area contributed by atoms with E-state index in [1.807, 2.05) is 0 Å².